The molecular formula is C28H24N4OS. The van der Waals surface area contributed by atoms with Crippen LogP contribution >= 0.6 is 11.3 Å². The number of hydrogen-bond acceptors (Lipinski definition) is 4. The molecule has 1 aliphatic heterocycles. The molecule has 0 saturated heterocycles. The van der Waals surface area contributed by atoms with Gasteiger partial charge in [-0.05, 0) is 40.8 Å². The quantitative estimate of drug-likeness (QED) is 0.284. The topological polar surface area (TPSA) is 66.6 Å². The minimum absolute atomic E-state index is 0.356. The Morgan fingerprint density at radius 3 is 2.68 bits per heavy atom. The highest BCUT2D eigenvalue weighted by Crippen LogP contribution is 2.42. The van der Waals surface area contributed by atoms with Crippen molar-refractivity contribution in [2.75, 3.05) is 0 Å². The number of fused-ring (bicyclic) bond motifs is 9. The number of H-pyrrole nitrogens is 2. The maximum atomic E-state index is 6.14. The van der Waals surface area contributed by atoms with Gasteiger partial charge in [-0.3, -0.25) is 0 Å². The molecule has 4 heterocycles. The molecule has 6 aromatic rings. The molecule has 34 heavy (non-hydrogen) atoms. The fraction of sp³-hybridized carbons (Fsp3) is 0.214. The molecule has 3 aromatic heterocycles. The lowest BCUT2D eigenvalue weighted by Gasteiger charge is -2.18. The number of nitrogens with one attached hydrogen (secondary N) is 2. The van der Waals surface area contributed by atoms with E-state index in [-0.39, 0.29) is 0 Å². The van der Waals surface area contributed by atoms with Crippen LogP contribution in [0.15, 0.2) is 47.8 Å². The molecule has 7 rings (SSSR count). The number of hydrogen-bond donors (Lipinski definition) is 2. The zero-order valence-electron chi connectivity index (χ0n) is 19.3. The predicted octanol–water partition coefficient (Wildman–Crippen LogP) is 7.57. The summed E-state index contributed by atoms with van der Waals surface area (Å²) in [6, 6.07) is 15.4. The largest absolute Gasteiger partial charge is 0.487 e. The summed E-state index contributed by atoms with van der Waals surface area (Å²) in [5, 5.41) is 5.87. The maximum Gasteiger partial charge on any atom is 0.130 e. The van der Waals surface area contributed by atoms with Crippen LogP contribution in [-0.4, -0.2) is 19.9 Å². The summed E-state index contributed by atoms with van der Waals surface area (Å²) in [7, 11) is 0. The highest BCUT2D eigenvalue weighted by Gasteiger charge is 2.23. The summed E-state index contributed by atoms with van der Waals surface area (Å²) < 4.78 is 7.43. The van der Waals surface area contributed by atoms with Crippen LogP contribution in [-0.2, 0) is 13.0 Å². The van der Waals surface area contributed by atoms with E-state index in [1.807, 2.05) is 0 Å². The molecule has 0 fully saturated rings. The lowest BCUT2D eigenvalue weighted by molar-refractivity contribution is 0.298. The van der Waals surface area contributed by atoms with Crippen molar-refractivity contribution in [3.63, 3.8) is 0 Å². The molecule has 3 aromatic carbocycles. The number of benzene rings is 3. The second kappa shape index (κ2) is 7.18. The molecular weight excluding hydrogens is 440 g/mol. The van der Waals surface area contributed by atoms with Gasteiger partial charge in [0.15, 0.2) is 0 Å². The molecule has 0 aliphatic carbocycles. The molecule has 0 unspecified atom stereocenters. The maximum absolute atomic E-state index is 6.14. The van der Waals surface area contributed by atoms with E-state index in [4.69, 9.17) is 14.7 Å². The summed E-state index contributed by atoms with van der Waals surface area (Å²) in [5.41, 5.74) is 7.66. The summed E-state index contributed by atoms with van der Waals surface area (Å²) in [5.74, 6) is 3.29. The first-order valence-electron chi connectivity index (χ1n) is 11.8. The Morgan fingerprint density at radius 1 is 0.971 bits per heavy atom. The zero-order chi connectivity index (χ0) is 23.0. The van der Waals surface area contributed by atoms with Gasteiger partial charge in [0.25, 0.3) is 0 Å². The van der Waals surface area contributed by atoms with Gasteiger partial charge in [0.05, 0.1) is 22.4 Å². The highest BCUT2D eigenvalue weighted by atomic mass is 32.1. The van der Waals surface area contributed by atoms with Crippen LogP contribution in [0, 0.1) is 0 Å². The average molecular weight is 465 g/mol. The zero-order valence-corrected chi connectivity index (χ0v) is 20.1. The van der Waals surface area contributed by atoms with Gasteiger partial charge in [-0.2, -0.15) is 0 Å². The lowest BCUT2D eigenvalue weighted by atomic mass is 9.97. The van der Waals surface area contributed by atoms with E-state index >= 15 is 0 Å². The van der Waals surface area contributed by atoms with Crippen LogP contribution < -0.4 is 4.74 Å². The van der Waals surface area contributed by atoms with Crippen molar-refractivity contribution < 1.29 is 4.74 Å². The molecule has 0 amide bonds. The Hall–Kier alpha value is -3.64. The van der Waals surface area contributed by atoms with Crippen molar-refractivity contribution in [2.45, 2.75) is 39.7 Å². The van der Waals surface area contributed by atoms with Crippen LogP contribution in [0.5, 0.6) is 5.75 Å². The summed E-state index contributed by atoms with van der Waals surface area (Å²) >= 11 is 1.78. The van der Waals surface area contributed by atoms with Gasteiger partial charge in [-0.15, -0.1) is 11.3 Å². The van der Waals surface area contributed by atoms with Crippen LogP contribution in [0.4, 0.5) is 0 Å². The van der Waals surface area contributed by atoms with Crippen LogP contribution in [0.1, 0.15) is 44.0 Å². The second-order valence-electron chi connectivity index (χ2n) is 9.29. The molecule has 0 atom stereocenters. The highest BCUT2D eigenvalue weighted by molar-refractivity contribution is 7.18. The molecule has 0 spiro atoms. The van der Waals surface area contributed by atoms with E-state index in [2.05, 4.69) is 78.6 Å². The van der Waals surface area contributed by atoms with Crippen molar-refractivity contribution in [2.24, 2.45) is 0 Å². The molecule has 2 N–H and O–H groups in total. The fourth-order valence-corrected chi connectivity index (χ4v) is 5.94. The van der Waals surface area contributed by atoms with Crippen molar-refractivity contribution in [3.8, 4) is 28.1 Å². The van der Waals surface area contributed by atoms with Crippen LogP contribution in [0.25, 0.3) is 54.3 Å². The number of imidazole rings is 2. The van der Waals surface area contributed by atoms with E-state index in [9.17, 15) is 0 Å². The second-order valence-corrected chi connectivity index (χ2v) is 10.2. The third kappa shape index (κ3) is 2.78. The molecule has 5 nitrogen and oxygen atoms in total. The summed E-state index contributed by atoms with van der Waals surface area (Å²) in [4.78, 5) is 16.7. The Kier molecular flexibility index (Phi) is 4.18. The van der Waals surface area contributed by atoms with E-state index < -0.39 is 0 Å². The normalized spacial score (nSPS) is 13.1. The Bertz CT molecular complexity index is 1740. The lowest BCUT2D eigenvalue weighted by Crippen LogP contribution is -2.05. The minimum Gasteiger partial charge on any atom is -0.487 e. The summed E-state index contributed by atoms with van der Waals surface area (Å²) in [6.07, 6.45) is 0.894. The van der Waals surface area contributed by atoms with Crippen molar-refractivity contribution in [1.82, 2.24) is 19.9 Å². The smallest absolute Gasteiger partial charge is 0.130 e. The van der Waals surface area contributed by atoms with Gasteiger partial charge in [-0.1, -0.05) is 39.0 Å². The van der Waals surface area contributed by atoms with Gasteiger partial charge in [-0.25, -0.2) is 9.97 Å². The van der Waals surface area contributed by atoms with Crippen LogP contribution in [0.2, 0.25) is 0 Å². The fourth-order valence-electron chi connectivity index (χ4n) is 5.01. The van der Waals surface area contributed by atoms with Crippen LogP contribution in [0.3, 0.4) is 0 Å². The van der Waals surface area contributed by atoms with Gasteiger partial charge in [0, 0.05) is 38.8 Å². The average Bonchev–Trinajstić information content (AvgIpc) is 3.60. The number of thiophene rings is 1. The predicted molar refractivity (Wildman–Crippen MR) is 140 cm³/mol. The number of nitrogens with zero attached hydrogens (tertiary/aromatic N) is 2. The standard InChI is InChI=1S/C28H24N4OS/c1-4-23-30-25-17-7-5-15(11-20(17)27-19(9-10-34-27)26(25)31-23)16-6-8-18-22(12-16)33-13-21-24(18)32-28(29-21)14(2)3/h5-12,14H,4,13H2,1-3H3,(H,29,32)(H,30,31). The molecule has 0 bridgehead atoms. The van der Waals surface area contributed by atoms with Gasteiger partial charge >= 0.3 is 0 Å². The van der Waals surface area contributed by atoms with Gasteiger partial charge in [0.1, 0.15) is 24.0 Å². The number of aromatic amines is 2. The molecule has 0 saturated carbocycles. The van der Waals surface area contributed by atoms with E-state index in [1.54, 1.807) is 11.3 Å². The van der Waals surface area contributed by atoms with Crippen molar-refractivity contribution >= 4 is 43.2 Å². The molecule has 168 valence electrons. The van der Waals surface area contributed by atoms with Gasteiger partial charge in [0.2, 0.25) is 0 Å². The first-order valence-corrected chi connectivity index (χ1v) is 12.7. The Labute approximate surface area is 200 Å². The SMILES string of the molecule is CCc1nc2c3ccsc3c3cc(-c4ccc5c(c4)OCc4[nH]c(C(C)C)nc4-5)ccc3c2[nH]1. The first-order chi connectivity index (χ1) is 16.6. The third-order valence-electron chi connectivity index (χ3n) is 6.83. The number of rotatable bonds is 3. The molecule has 0 radical (unpaired) electrons. The third-order valence-corrected chi connectivity index (χ3v) is 7.78. The van der Waals surface area contributed by atoms with Crippen molar-refractivity contribution in [1.29, 1.82) is 0 Å². The number of aromatic nitrogens is 4. The summed E-state index contributed by atoms with van der Waals surface area (Å²) in [6.45, 7) is 6.96. The molecule has 6 heteroatoms. The van der Waals surface area contributed by atoms with E-state index in [0.29, 0.717) is 12.5 Å². The monoisotopic (exact) mass is 464 g/mol. The van der Waals surface area contributed by atoms with E-state index in [1.165, 1.54) is 26.4 Å². The minimum atomic E-state index is 0.356. The van der Waals surface area contributed by atoms with E-state index in [0.717, 1.165) is 57.4 Å². The number of aryl methyl sites for hydroxylation is 1. The first kappa shape index (κ1) is 19.8. The Morgan fingerprint density at radius 2 is 1.82 bits per heavy atom. The number of ether oxygens (including phenoxy) is 1. The Balaban J connectivity index is 1.39. The van der Waals surface area contributed by atoms with Gasteiger partial charge < -0.3 is 14.7 Å². The molecule has 1 aliphatic rings. The van der Waals surface area contributed by atoms with Crippen molar-refractivity contribution in [3.05, 3.63) is 65.2 Å².